The van der Waals surface area contributed by atoms with Gasteiger partial charge in [-0.15, -0.1) is 0 Å². The van der Waals surface area contributed by atoms with Gasteiger partial charge >= 0.3 is 18.0 Å². The van der Waals surface area contributed by atoms with Crippen LogP contribution < -0.4 is 5.32 Å². The molecule has 0 unspecified atom stereocenters. The van der Waals surface area contributed by atoms with Crippen LogP contribution in [0.5, 0.6) is 0 Å². The first-order chi connectivity index (χ1) is 17.1. The van der Waals surface area contributed by atoms with Crippen LogP contribution in [0.15, 0.2) is 42.7 Å². The van der Waals surface area contributed by atoms with Crippen molar-refractivity contribution in [3.63, 3.8) is 0 Å². The maximum absolute atomic E-state index is 14.5. The fourth-order valence-electron chi connectivity index (χ4n) is 3.97. The predicted octanol–water partition coefficient (Wildman–Crippen LogP) is 7.61. The van der Waals surface area contributed by atoms with Gasteiger partial charge in [0.1, 0.15) is 5.69 Å². The average Bonchev–Trinajstić information content (AvgIpc) is 3.36. The van der Waals surface area contributed by atoms with Gasteiger partial charge in [0.15, 0.2) is 0 Å². The highest BCUT2D eigenvalue weighted by Crippen LogP contribution is 2.54. The zero-order valence-corrected chi connectivity index (χ0v) is 20.6. The predicted molar refractivity (Wildman–Crippen MR) is 124 cm³/mol. The SMILES string of the molecule is O=CNC1(Cc2cc(-c3cnn(-c4c(Cl)cc(C(F)(C(F)(F)F)C(F)(F)F)cc4Cl)c3)ccc2Cl)CC1. The van der Waals surface area contributed by atoms with Crippen LogP contribution in [0.2, 0.25) is 15.1 Å². The van der Waals surface area contributed by atoms with Gasteiger partial charge in [0.25, 0.3) is 0 Å². The van der Waals surface area contributed by atoms with Gasteiger partial charge in [0.2, 0.25) is 6.41 Å². The number of rotatable bonds is 7. The minimum atomic E-state index is -6.31. The summed E-state index contributed by atoms with van der Waals surface area (Å²) >= 11 is 18.3. The molecule has 1 N–H and O–H groups in total. The van der Waals surface area contributed by atoms with E-state index in [9.17, 15) is 35.5 Å². The largest absolute Gasteiger partial charge is 0.435 e. The van der Waals surface area contributed by atoms with E-state index in [1.807, 2.05) is 0 Å². The molecule has 0 bridgehead atoms. The Balaban J connectivity index is 1.70. The topological polar surface area (TPSA) is 46.9 Å². The molecular weight excluding hydrogens is 574 g/mol. The number of nitrogens with zero attached hydrogens (tertiary/aromatic N) is 2. The van der Waals surface area contributed by atoms with Gasteiger partial charge in [0.05, 0.1) is 16.2 Å². The van der Waals surface area contributed by atoms with Crippen molar-refractivity contribution in [3.05, 3.63) is 68.9 Å². The van der Waals surface area contributed by atoms with Crippen LogP contribution >= 0.6 is 34.8 Å². The summed E-state index contributed by atoms with van der Waals surface area (Å²) < 4.78 is 94.4. The van der Waals surface area contributed by atoms with Gasteiger partial charge in [-0.05, 0) is 54.7 Å². The lowest BCUT2D eigenvalue weighted by Crippen LogP contribution is -2.50. The number of hydrogen-bond donors (Lipinski definition) is 1. The van der Waals surface area contributed by atoms with E-state index in [0.717, 1.165) is 23.1 Å². The van der Waals surface area contributed by atoms with E-state index in [1.165, 1.54) is 12.4 Å². The third-order valence-electron chi connectivity index (χ3n) is 6.13. The molecule has 0 saturated heterocycles. The first-order valence-electron chi connectivity index (χ1n) is 10.5. The molecule has 1 heterocycles. The van der Waals surface area contributed by atoms with Crippen molar-refractivity contribution in [1.82, 2.24) is 15.1 Å². The van der Waals surface area contributed by atoms with Gasteiger partial charge < -0.3 is 5.32 Å². The van der Waals surface area contributed by atoms with Crippen LogP contribution in [0, 0.1) is 0 Å². The molecule has 0 atom stereocenters. The first kappa shape index (κ1) is 27.5. The van der Waals surface area contributed by atoms with Crippen LogP contribution in [0.3, 0.4) is 0 Å². The zero-order chi connectivity index (χ0) is 27.4. The van der Waals surface area contributed by atoms with Crippen LogP contribution in [-0.2, 0) is 16.9 Å². The number of benzene rings is 2. The van der Waals surface area contributed by atoms with Crippen LogP contribution in [0.4, 0.5) is 30.7 Å². The maximum Gasteiger partial charge on any atom is 0.435 e. The lowest BCUT2D eigenvalue weighted by Gasteiger charge is -2.30. The number of alkyl halides is 7. The number of nitrogens with one attached hydrogen (secondary N) is 1. The molecular formula is C23H15Cl3F7N3O. The number of halogens is 10. The number of aromatic nitrogens is 2. The molecule has 2 aromatic carbocycles. The lowest BCUT2D eigenvalue weighted by molar-refractivity contribution is -0.348. The summed E-state index contributed by atoms with van der Waals surface area (Å²) in [4.78, 5) is 10.9. The molecule has 0 radical (unpaired) electrons. The van der Waals surface area contributed by atoms with Crippen molar-refractivity contribution in [2.24, 2.45) is 0 Å². The molecule has 1 saturated carbocycles. The fourth-order valence-corrected chi connectivity index (χ4v) is 4.81. The maximum atomic E-state index is 14.5. The second-order valence-corrected chi connectivity index (χ2v) is 9.86. The van der Waals surface area contributed by atoms with Gasteiger partial charge in [-0.3, -0.25) is 4.79 Å². The van der Waals surface area contributed by atoms with Crippen molar-refractivity contribution in [2.45, 2.75) is 42.8 Å². The number of carbonyl (C=O) groups is 1. The van der Waals surface area contributed by atoms with E-state index in [0.29, 0.717) is 29.0 Å². The highest BCUT2D eigenvalue weighted by atomic mass is 35.5. The quantitative estimate of drug-likeness (QED) is 0.228. The van der Waals surface area contributed by atoms with Gasteiger partial charge in [-0.25, -0.2) is 9.07 Å². The Labute approximate surface area is 220 Å². The minimum Gasteiger partial charge on any atom is -0.353 e. The standard InChI is InChI=1S/C23H15Cl3F7N3O/c24-16-2-1-12(5-13(16)8-20(3-4-20)34-11-37)14-9-35-36(10-14)19-17(25)6-15(7-18(19)26)21(27,22(28,29)30)23(31,32)33/h1-2,5-7,9-11H,3-4,8H2,(H,34,37). The molecule has 37 heavy (non-hydrogen) atoms. The van der Waals surface area contributed by atoms with Gasteiger partial charge in [0, 0.05) is 27.9 Å². The number of hydrogen-bond acceptors (Lipinski definition) is 2. The third-order valence-corrected chi connectivity index (χ3v) is 7.08. The Morgan fingerprint density at radius 2 is 1.51 bits per heavy atom. The lowest BCUT2D eigenvalue weighted by atomic mass is 9.94. The molecule has 3 aromatic rings. The first-order valence-corrected chi connectivity index (χ1v) is 11.6. The highest BCUT2D eigenvalue weighted by Gasteiger charge is 2.73. The Kier molecular flexibility index (Phi) is 6.96. The molecule has 1 aromatic heterocycles. The average molecular weight is 589 g/mol. The smallest absolute Gasteiger partial charge is 0.353 e. The summed E-state index contributed by atoms with van der Waals surface area (Å²) in [5, 5.41) is 5.96. The van der Waals surface area contributed by atoms with E-state index >= 15 is 0 Å². The monoisotopic (exact) mass is 587 g/mol. The fraction of sp³-hybridized carbons (Fsp3) is 0.304. The summed E-state index contributed by atoms with van der Waals surface area (Å²) in [6.45, 7) is 0. The Hall–Kier alpha value is -2.50. The Morgan fingerprint density at radius 3 is 2.03 bits per heavy atom. The minimum absolute atomic E-state index is 0.223. The Bertz CT molecular complexity index is 1310. The zero-order valence-electron chi connectivity index (χ0n) is 18.3. The molecule has 14 heteroatoms. The summed E-state index contributed by atoms with van der Waals surface area (Å²) in [5.74, 6) is 0. The molecule has 1 aliphatic rings. The number of carbonyl (C=O) groups excluding carboxylic acids is 1. The molecule has 1 fully saturated rings. The van der Waals surface area contributed by atoms with E-state index in [4.69, 9.17) is 34.8 Å². The molecule has 4 rings (SSSR count). The summed E-state index contributed by atoms with van der Waals surface area (Å²) in [7, 11) is 0. The molecule has 1 aliphatic carbocycles. The van der Waals surface area contributed by atoms with Crippen molar-refractivity contribution >= 4 is 41.2 Å². The molecule has 4 nitrogen and oxygen atoms in total. The van der Waals surface area contributed by atoms with E-state index in [2.05, 4.69) is 10.4 Å². The van der Waals surface area contributed by atoms with Crippen molar-refractivity contribution in [3.8, 4) is 16.8 Å². The van der Waals surface area contributed by atoms with E-state index < -0.39 is 33.6 Å². The van der Waals surface area contributed by atoms with Crippen LogP contribution in [0.1, 0.15) is 24.0 Å². The molecule has 198 valence electrons. The molecule has 0 aliphatic heterocycles. The second-order valence-electron chi connectivity index (χ2n) is 8.64. The summed E-state index contributed by atoms with van der Waals surface area (Å²) in [6.07, 6.45) is -7.17. The Morgan fingerprint density at radius 1 is 0.919 bits per heavy atom. The van der Waals surface area contributed by atoms with Crippen LogP contribution in [0.25, 0.3) is 16.8 Å². The normalized spacial score (nSPS) is 15.5. The molecule has 1 amide bonds. The summed E-state index contributed by atoms with van der Waals surface area (Å²) in [5.41, 5.74) is -6.22. The van der Waals surface area contributed by atoms with Crippen molar-refractivity contribution < 1.29 is 35.5 Å². The highest BCUT2D eigenvalue weighted by molar-refractivity contribution is 6.38. The van der Waals surface area contributed by atoms with Crippen molar-refractivity contribution in [1.29, 1.82) is 0 Å². The number of amides is 1. The third kappa shape index (κ3) is 5.00. The van der Waals surface area contributed by atoms with Gasteiger partial charge in [-0.2, -0.15) is 31.4 Å². The second kappa shape index (κ2) is 9.36. The summed E-state index contributed by atoms with van der Waals surface area (Å²) in [6, 6.07) is 5.54. The van der Waals surface area contributed by atoms with E-state index in [-0.39, 0.29) is 23.4 Å². The van der Waals surface area contributed by atoms with Crippen LogP contribution in [-0.4, -0.2) is 34.1 Å². The van der Waals surface area contributed by atoms with Gasteiger partial charge in [-0.1, -0.05) is 40.9 Å². The molecule has 0 spiro atoms. The van der Waals surface area contributed by atoms with Crippen molar-refractivity contribution in [2.75, 3.05) is 0 Å². The van der Waals surface area contributed by atoms with E-state index in [1.54, 1.807) is 18.2 Å².